The molecule has 4 N–H and O–H groups in total. The second-order valence-corrected chi connectivity index (χ2v) is 5.35. The first-order valence-corrected chi connectivity index (χ1v) is 7.55. The summed E-state index contributed by atoms with van der Waals surface area (Å²) in [6.07, 6.45) is 0. The van der Waals surface area contributed by atoms with Crippen LogP contribution >= 0.6 is 11.6 Å². The highest BCUT2D eigenvalue weighted by Gasteiger charge is 2.15. The maximum absolute atomic E-state index is 12.6. The molecular formula is C17H16ClN3O3. The maximum atomic E-state index is 12.6. The van der Waals surface area contributed by atoms with Crippen molar-refractivity contribution in [2.45, 2.75) is 0 Å². The highest BCUT2D eigenvalue weighted by Crippen LogP contribution is 2.23. The molecule has 0 aliphatic heterocycles. The largest absolute Gasteiger partial charge is 0.376 e. The van der Waals surface area contributed by atoms with E-state index in [-0.39, 0.29) is 18.9 Å². The van der Waals surface area contributed by atoms with E-state index < -0.39 is 11.8 Å². The number of ketones is 1. The molecule has 0 saturated carbocycles. The fourth-order valence-electron chi connectivity index (χ4n) is 2.03. The Morgan fingerprint density at radius 1 is 1.00 bits per heavy atom. The SMILES string of the molecule is NCC(=O)NC(=O)CNc1ccc(Cl)cc1C(=O)c1ccccc1. The van der Waals surface area contributed by atoms with Crippen LogP contribution in [0.25, 0.3) is 0 Å². The zero-order valence-electron chi connectivity index (χ0n) is 12.7. The van der Waals surface area contributed by atoms with Gasteiger partial charge in [0.2, 0.25) is 11.8 Å². The molecule has 0 heterocycles. The summed E-state index contributed by atoms with van der Waals surface area (Å²) < 4.78 is 0. The Bertz CT molecular complexity index is 763. The summed E-state index contributed by atoms with van der Waals surface area (Å²) in [7, 11) is 0. The maximum Gasteiger partial charge on any atom is 0.245 e. The average Bonchev–Trinajstić information content (AvgIpc) is 2.60. The van der Waals surface area contributed by atoms with E-state index in [4.69, 9.17) is 17.3 Å². The van der Waals surface area contributed by atoms with Crippen molar-refractivity contribution in [1.82, 2.24) is 5.32 Å². The van der Waals surface area contributed by atoms with Crippen LogP contribution in [-0.4, -0.2) is 30.7 Å². The van der Waals surface area contributed by atoms with Gasteiger partial charge in [0, 0.05) is 21.8 Å². The number of nitrogens with two attached hydrogens (primary N) is 1. The molecular weight excluding hydrogens is 330 g/mol. The van der Waals surface area contributed by atoms with Gasteiger partial charge < -0.3 is 11.1 Å². The third-order valence-corrected chi connectivity index (χ3v) is 3.40. The fourth-order valence-corrected chi connectivity index (χ4v) is 2.20. The van der Waals surface area contributed by atoms with Crippen LogP contribution in [0.5, 0.6) is 0 Å². The summed E-state index contributed by atoms with van der Waals surface area (Å²) in [5.74, 6) is -1.34. The number of hydrogen-bond acceptors (Lipinski definition) is 5. The Morgan fingerprint density at radius 3 is 2.38 bits per heavy atom. The van der Waals surface area contributed by atoms with E-state index in [9.17, 15) is 14.4 Å². The van der Waals surface area contributed by atoms with Crippen LogP contribution in [0.1, 0.15) is 15.9 Å². The molecule has 0 aliphatic rings. The Morgan fingerprint density at radius 2 is 1.71 bits per heavy atom. The van der Waals surface area contributed by atoms with Gasteiger partial charge in [0.05, 0.1) is 13.1 Å². The molecule has 0 atom stereocenters. The Kier molecular flexibility index (Phi) is 6.06. The van der Waals surface area contributed by atoms with Gasteiger partial charge in [-0.25, -0.2) is 0 Å². The number of benzene rings is 2. The lowest BCUT2D eigenvalue weighted by molar-refractivity contribution is -0.128. The number of anilines is 1. The van der Waals surface area contributed by atoms with Crippen molar-refractivity contribution in [2.24, 2.45) is 5.73 Å². The quantitative estimate of drug-likeness (QED) is 0.690. The lowest BCUT2D eigenvalue weighted by Crippen LogP contribution is -2.38. The van der Waals surface area contributed by atoms with E-state index in [0.29, 0.717) is 21.8 Å². The zero-order chi connectivity index (χ0) is 17.5. The van der Waals surface area contributed by atoms with E-state index >= 15 is 0 Å². The first-order chi connectivity index (χ1) is 11.5. The number of carbonyl (C=O) groups excluding carboxylic acids is 3. The number of halogens is 1. The van der Waals surface area contributed by atoms with Crippen molar-refractivity contribution >= 4 is 34.9 Å². The van der Waals surface area contributed by atoms with Gasteiger partial charge in [0.1, 0.15) is 0 Å². The van der Waals surface area contributed by atoms with Crippen LogP contribution in [0.2, 0.25) is 5.02 Å². The molecule has 6 nitrogen and oxygen atoms in total. The summed E-state index contributed by atoms with van der Waals surface area (Å²) >= 11 is 5.98. The van der Waals surface area contributed by atoms with E-state index in [2.05, 4.69) is 10.6 Å². The van der Waals surface area contributed by atoms with Gasteiger partial charge in [-0.15, -0.1) is 0 Å². The summed E-state index contributed by atoms with van der Waals surface area (Å²) in [6, 6.07) is 13.5. The molecule has 2 aromatic carbocycles. The van der Waals surface area contributed by atoms with Crippen molar-refractivity contribution in [3.05, 3.63) is 64.7 Å². The zero-order valence-corrected chi connectivity index (χ0v) is 13.5. The highest BCUT2D eigenvalue weighted by atomic mass is 35.5. The van der Waals surface area contributed by atoms with Crippen LogP contribution < -0.4 is 16.4 Å². The van der Waals surface area contributed by atoms with Crippen molar-refractivity contribution in [2.75, 3.05) is 18.4 Å². The molecule has 0 spiro atoms. The van der Waals surface area contributed by atoms with E-state index in [1.54, 1.807) is 36.4 Å². The van der Waals surface area contributed by atoms with Crippen molar-refractivity contribution in [3.8, 4) is 0 Å². The first-order valence-electron chi connectivity index (χ1n) is 7.17. The minimum atomic E-state index is -0.571. The van der Waals surface area contributed by atoms with Crippen LogP contribution in [0.3, 0.4) is 0 Å². The normalized spacial score (nSPS) is 10.1. The molecule has 0 aliphatic carbocycles. The number of nitrogens with one attached hydrogen (secondary N) is 2. The molecule has 124 valence electrons. The van der Waals surface area contributed by atoms with Gasteiger partial charge in [0.25, 0.3) is 0 Å². The number of carbonyl (C=O) groups is 3. The third-order valence-electron chi connectivity index (χ3n) is 3.17. The van der Waals surface area contributed by atoms with Crippen LogP contribution in [0.15, 0.2) is 48.5 Å². The second-order valence-electron chi connectivity index (χ2n) is 4.91. The predicted molar refractivity (Wildman–Crippen MR) is 92.0 cm³/mol. The molecule has 0 saturated heterocycles. The first kappa shape index (κ1) is 17.7. The lowest BCUT2D eigenvalue weighted by atomic mass is 10.0. The van der Waals surface area contributed by atoms with Crippen molar-refractivity contribution < 1.29 is 14.4 Å². The molecule has 2 aromatic rings. The Labute approximate surface area is 144 Å². The molecule has 0 unspecified atom stereocenters. The standard InChI is InChI=1S/C17H16ClN3O3/c18-12-6-7-14(20-10-16(23)21-15(22)9-19)13(8-12)17(24)11-4-2-1-3-5-11/h1-8,20H,9-10,19H2,(H,21,22,23). The van der Waals surface area contributed by atoms with Crippen molar-refractivity contribution in [3.63, 3.8) is 0 Å². The number of imide groups is 1. The molecule has 7 heteroatoms. The molecule has 24 heavy (non-hydrogen) atoms. The van der Waals surface area contributed by atoms with E-state index in [0.717, 1.165) is 0 Å². The molecule has 0 aromatic heterocycles. The second kappa shape index (κ2) is 8.24. The summed E-state index contributed by atoms with van der Waals surface area (Å²) in [4.78, 5) is 35.3. The Balaban J connectivity index is 2.18. The smallest absolute Gasteiger partial charge is 0.245 e. The fraction of sp³-hybridized carbons (Fsp3) is 0.118. The molecule has 2 amide bonds. The topological polar surface area (TPSA) is 101 Å². The van der Waals surface area contributed by atoms with Gasteiger partial charge in [-0.3, -0.25) is 19.7 Å². The predicted octanol–water partition coefficient (Wildman–Crippen LogP) is 1.58. The van der Waals surface area contributed by atoms with Crippen LogP contribution in [0.4, 0.5) is 5.69 Å². The molecule has 0 radical (unpaired) electrons. The Hall–Kier alpha value is -2.70. The number of hydrogen-bond donors (Lipinski definition) is 3. The molecule has 0 fully saturated rings. The summed E-state index contributed by atoms with van der Waals surface area (Å²) in [6.45, 7) is -0.452. The average molecular weight is 346 g/mol. The van der Waals surface area contributed by atoms with Gasteiger partial charge in [-0.2, -0.15) is 0 Å². The monoisotopic (exact) mass is 345 g/mol. The van der Waals surface area contributed by atoms with Crippen LogP contribution in [0, 0.1) is 0 Å². The van der Waals surface area contributed by atoms with E-state index in [1.807, 2.05) is 6.07 Å². The summed E-state index contributed by atoms with van der Waals surface area (Å²) in [5, 5.41) is 5.36. The minimum Gasteiger partial charge on any atom is -0.376 e. The van der Waals surface area contributed by atoms with Gasteiger partial charge in [0.15, 0.2) is 5.78 Å². The summed E-state index contributed by atoms with van der Waals surface area (Å²) in [5.41, 5.74) is 6.42. The molecule has 2 rings (SSSR count). The van der Waals surface area contributed by atoms with Crippen molar-refractivity contribution in [1.29, 1.82) is 0 Å². The lowest BCUT2D eigenvalue weighted by Gasteiger charge is -2.12. The van der Waals surface area contributed by atoms with Crippen LogP contribution in [-0.2, 0) is 9.59 Å². The molecule has 0 bridgehead atoms. The van der Waals surface area contributed by atoms with Gasteiger partial charge in [-0.1, -0.05) is 41.9 Å². The van der Waals surface area contributed by atoms with Gasteiger partial charge >= 0.3 is 0 Å². The number of amides is 2. The minimum absolute atomic E-state index is 0.178. The van der Waals surface area contributed by atoms with E-state index in [1.165, 1.54) is 6.07 Å². The highest BCUT2D eigenvalue weighted by molar-refractivity contribution is 6.31. The van der Waals surface area contributed by atoms with Gasteiger partial charge in [-0.05, 0) is 18.2 Å². The number of rotatable bonds is 6. The third kappa shape index (κ3) is 4.65.